The van der Waals surface area contributed by atoms with Gasteiger partial charge in [-0.05, 0) is 35.9 Å². The molecule has 0 unspecified atom stereocenters. The molecule has 3 rings (SSSR count). The number of fused-ring (bicyclic) bond motifs is 1. The van der Waals surface area contributed by atoms with E-state index in [-0.39, 0.29) is 13.2 Å². The third-order valence-electron chi connectivity index (χ3n) is 4.16. The molecule has 8 heteroatoms. The molecular formula is C21H21NO6S. The standard InChI is InChI=1S/C21H21NO6S/c1-29(25,26)28-12-11-22-18(7-10-21(23)24)13-17-14-19(8-9-20(17)22)27-15-16-5-3-2-4-6-16/h2-10,13-14H,11-12,15H2,1H3,(H,23,24). The molecule has 7 nitrogen and oxygen atoms in total. The first-order valence-electron chi connectivity index (χ1n) is 8.87. The molecule has 0 bridgehead atoms. The van der Waals surface area contributed by atoms with Crippen LogP contribution in [0.1, 0.15) is 11.3 Å². The van der Waals surface area contributed by atoms with Crippen molar-refractivity contribution in [3.8, 4) is 5.75 Å². The normalized spacial score (nSPS) is 11.9. The zero-order chi connectivity index (χ0) is 20.9. The van der Waals surface area contributed by atoms with Crippen LogP contribution in [0.3, 0.4) is 0 Å². The maximum absolute atomic E-state index is 11.2. The lowest BCUT2D eigenvalue weighted by Crippen LogP contribution is -2.11. The van der Waals surface area contributed by atoms with Crippen molar-refractivity contribution < 1.29 is 27.2 Å². The molecule has 0 aliphatic heterocycles. The van der Waals surface area contributed by atoms with E-state index in [1.165, 1.54) is 6.08 Å². The highest BCUT2D eigenvalue weighted by atomic mass is 32.2. The number of aliphatic carboxylic acids is 1. The number of ether oxygens (including phenoxy) is 1. The minimum absolute atomic E-state index is 0.0528. The van der Waals surface area contributed by atoms with Crippen LogP contribution in [0.2, 0.25) is 0 Å². The molecule has 0 saturated heterocycles. The van der Waals surface area contributed by atoms with Crippen LogP contribution >= 0.6 is 0 Å². The van der Waals surface area contributed by atoms with Crippen molar-refractivity contribution in [3.63, 3.8) is 0 Å². The minimum atomic E-state index is -3.56. The summed E-state index contributed by atoms with van der Waals surface area (Å²) in [6.45, 7) is 0.629. The Kier molecular flexibility index (Phi) is 6.36. The third kappa shape index (κ3) is 5.94. The smallest absolute Gasteiger partial charge is 0.328 e. The number of carboxylic acid groups (broad SMARTS) is 1. The fourth-order valence-corrected chi connectivity index (χ4v) is 3.30. The van der Waals surface area contributed by atoms with E-state index in [1.54, 1.807) is 4.57 Å². The first-order valence-corrected chi connectivity index (χ1v) is 10.7. The summed E-state index contributed by atoms with van der Waals surface area (Å²) in [5, 5.41) is 9.77. The molecule has 29 heavy (non-hydrogen) atoms. The molecule has 1 aromatic heterocycles. The average Bonchev–Trinajstić information content (AvgIpc) is 3.01. The summed E-state index contributed by atoms with van der Waals surface area (Å²) in [6, 6.07) is 17.2. The van der Waals surface area contributed by atoms with Gasteiger partial charge in [-0.3, -0.25) is 4.18 Å². The van der Waals surface area contributed by atoms with Gasteiger partial charge in [0.25, 0.3) is 10.1 Å². The summed E-state index contributed by atoms with van der Waals surface area (Å²) in [5.74, 6) is -0.388. The van der Waals surface area contributed by atoms with Crippen molar-refractivity contribution in [2.45, 2.75) is 13.2 Å². The second-order valence-electron chi connectivity index (χ2n) is 6.41. The summed E-state index contributed by atoms with van der Waals surface area (Å²) in [4.78, 5) is 10.9. The molecule has 0 aliphatic carbocycles. The first-order chi connectivity index (χ1) is 13.8. The second-order valence-corrected chi connectivity index (χ2v) is 8.06. The predicted molar refractivity (Wildman–Crippen MR) is 110 cm³/mol. The Hall–Kier alpha value is -3.10. The van der Waals surface area contributed by atoms with Crippen LogP contribution in [-0.2, 0) is 32.2 Å². The molecule has 0 atom stereocenters. The van der Waals surface area contributed by atoms with E-state index in [0.717, 1.165) is 28.8 Å². The molecule has 0 spiro atoms. The topological polar surface area (TPSA) is 94.8 Å². The monoisotopic (exact) mass is 415 g/mol. The Labute approximate surface area is 168 Å². The van der Waals surface area contributed by atoms with Gasteiger partial charge in [-0.25, -0.2) is 4.79 Å². The Balaban J connectivity index is 1.86. The molecule has 3 aromatic rings. The molecule has 1 heterocycles. The fourth-order valence-electron chi connectivity index (χ4n) is 2.93. The summed E-state index contributed by atoms with van der Waals surface area (Å²) in [7, 11) is -3.56. The van der Waals surface area contributed by atoms with Crippen molar-refractivity contribution in [3.05, 3.63) is 71.9 Å². The SMILES string of the molecule is CS(=O)(=O)OCCn1c(C=CC(=O)O)cc2cc(OCc3ccccc3)ccc21. The molecule has 0 saturated carbocycles. The number of aromatic nitrogens is 1. The molecule has 2 aromatic carbocycles. The lowest BCUT2D eigenvalue weighted by atomic mass is 10.2. The van der Waals surface area contributed by atoms with Gasteiger partial charge in [-0.2, -0.15) is 8.42 Å². The van der Waals surface area contributed by atoms with Crippen LogP contribution in [0.25, 0.3) is 17.0 Å². The van der Waals surface area contributed by atoms with Gasteiger partial charge in [0, 0.05) is 29.2 Å². The number of carboxylic acids is 1. The molecule has 1 N–H and O–H groups in total. The Morgan fingerprint density at radius 3 is 2.59 bits per heavy atom. The van der Waals surface area contributed by atoms with Gasteiger partial charge in [-0.15, -0.1) is 0 Å². The highest BCUT2D eigenvalue weighted by molar-refractivity contribution is 7.85. The Bertz CT molecular complexity index is 1130. The van der Waals surface area contributed by atoms with Gasteiger partial charge in [0.05, 0.1) is 12.9 Å². The maximum atomic E-state index is 11.2. The van der Waals surface area contributed by atoms with Crippen molar-refractivity contribution in [2.24, 2.45) is 0 Å². The zero-order valence-electron chi connectivity index (χ0n) is 15.8. The van der Waals surface area contributed by atoms with Crippen LogP contribution in [0.5, 0.6) is 5.75 Å². The minimum Gasteiger partial charge on any atom is -0.489 e. The van der Waals surface area contributed by atoms with Gasteiger partial charge in [0.15, 0.2) is 0 Å². The molecular weight excluding hydrogens is 394 g/mol. The van der Waals surface area contributed by atoms with Crippen LogP contribution in [0, 0.1) is 0 Å². The highest BCUT2D eigenvalue weighted by Gasteiger charge is 2.10. The van der Waals surface area contributed by atoms with Crippen LogP contribution in [0.15, 0.2) is 60.7 Å². The van der Waals surface area contributed by atoms with Crippen LogP contribution in [-0.4, -0.2) is 36.9 Å². The molecule has 0 fully saturated rings. The quantitative estimate of drug-likeness (QED) is 0.426. The Morgan fingerprint density at radius 1 is 1.14 bits per heavy atom. The first kappa shape index (κ1) is 20.6. The van der Waals surface area contributed by atoms with Gasteiger partial charge in [-0.1, -0.05) is 30.3 Å². The van der Waals surface area contributed by atoms with E-state index < -0.39 is 16.1 Å². The van der Waals surface area contributed by atoms with Crippen LogP contribution in [0.4, 0.5) is 0 Å². The molecule has 0 aliphatic rings. The lowest BCUT2D eigenvalue weighted by Gasteiger charge is -2.10. The average molecular weight is 415 g/mol. The summed E-state index contributed by atoms with van der Waals surface area (Å²) < 4.78 is 34.9. The maximum Gasteiger partial charge on any atom is 0.328 e. The summed E-state index contributed by atoms with van der Waals surface area (Å²) in [6.07, 6.45) is 3.49. The molecule has 152 valence electrons. The number of carbonyl (C=O) groups is 1. The summed E-state index contributed by atoms with van der Waals surface area (Å²) >= 11 is 0. The van der Waals surface area contributed by atoms with Crippen molar-refractivity contribution in [2.75, 3.05) is 12.9 Å². The summed E-state index contributed by atoms with van der Waals surface area (Å²) in [5.41, 5.74) is 2.49. The van der Waals surface area contributed by atoms with E-state index in [1.807, 2.05) is 54.6 Å². The number of hydrogen-bond donors (Lipinski definition) is 1. The van der Waals surface area contributed by atoms with Gasteiger partial charge in [0.2, 0.25) is 0 Å². The van der Waals surface area contributed by atoms with E-state index in [2.05, 4.69) is 0 Å². The van der Waals surface area contributed by atoms with Gasteiger partial charge in [0.1, 0.15) is 12.4 Å². The van der Waals surface area contributed by atoms with Gasteiger partial charge >= 0.3 is 5.97 Å². The second kappa shape index (κ2) is 8.93. The van der Waals surface area contributed by atoms with Gasteiger partial charge < -0.3 is 14.4 Å². The van der Waals surface area contributed by atoms with Crippen LogP contribution < -0.4 is 4.74 Å². The van der Waals surface area contributed by atoms with E-state index >= 15 is 0 Å². The number of benzene rings is 2. The Morgan fingerprint density at radius 2 is 1.90 bits per heavy atom. The van der Waals surface area contributed by atoms with Crippen molar-refractivity contribution >= 4 is 33.1 Å². The van der Waals surface area contributed by atoms with E-state index in [0.29, 0.717) is 18.1 Å². The van der Waals surface area contributed by atoms with Crippen molar-refractivity contribution in [1.29, 1.82) is 0 Å². The number of rotatable bonds is 9. The number of hydrogen-bond acceptors (Lipinski definition) is 5. The fraction of sp³-hybridized carbons (Fsp3) is 0.190. The largest absolute Gasteiger partial charge is 0.489 e. The van der Waals surface area contributed by atoms with Crippen molar-refractivity contribution in [1.82, 2.24) is 4.57 Å². The number of nitrogens with zero attached hydrogens (tertiary/aromatic N) is 1. The van der Waals surface area contributed by atoms with E-state index in [4.69, 9.17) is 14.0 Å². The zero-order valence-corrected chi connectivity index (χ0v) is 16.6. The van der Waals surface area contributed by atoms with E-state index in [9.17, 15) is 13.2 Å². The lowest BCUT2D eigenvalue weighted by molar-refractivity contribution is -0.131. The molecule has 0 radical (unpaired) electrons. The highest BCUT2D eigenvalue weighted by Crippen LogP contribution is 2.26. The molecule has 0 amide bonds. The third-order valence-corrected chi connectivity index (χ3v) is 4.76. The predicted octanol–water partition coefficient (Wildman–Crippen LogP) is 3.29.